The number of benzene rings is 2. The molecule has 0 spiro atoms. The Kier molecular flexibility index (Phi) is 9.56. The standard InChI is InChI=1S/C36H48N4O5/c1-35(2,3)45-34(44)39-21-11-14-26(24-39)31(41)37-29(18-17-25-12-7-6-8-13-25)32(42)38-22-19-27(20-23-38)40-30-16-10-9-15-28(30)36(4,5)33(40)43/h6-10,12-13,15-16,26-27,29H,11,14,17-24H2,1-5H3,(H,37,41). The van der Waals surface area contributed by atoms with Crippen LogP contribution in [0.1, 0.15) is 77.8 Å². The summed E-state index contributed by atoms with van der Waals surface area (Å²) in [7, 11) is 0. The second kappa shape index (κ2) is 13.2. The predicted octanol–water partition coefficient (Wildman–Crippen LogP) is 5.07. The van der Waals surface area contributed by atoms with E-state index in [-0.39, 0.29) is 30.3 Å². The Morgan fingerprint density at radius 1 is 0.933 bits per heavy atom. The summed E-state index contributed by atoms with van der Waals surface area (Å²) in [5.41, 5.74) is 1.93. The highest BCUT2D eigenvalue weighted by atomic mass is 16.6. The van der Waals surface area contributed by atoms with E-state index in [0.29, 0.717) is 58.2 Å². The lowest BCUT2D eigenvalue weighted by Gasteiger charge is -2.39. The van der Waals surface area contributed by atoms with E-state index in [1.165, 1.54) is 0 Å². The smallest absolute Gasteiger partial charge is 0.410 e. The number of para-hydroxylation sites is 1. The quantitative estimate of drug-likeness (QED) is 0.469. The zero-order valence-corrected chi connectivity index (χ0v) is 27.4. The van der Waals surface area contributed by atoms with Crippen molar-refractivity contribution in [2.24, 2.45) is 5.92 Å². The van der Waals surface area contributed by atoms with Gasteiger partial charge in [0.15, 0.2) is 0 Å². The number of carbonyl (C=O) groups excluding carboxylic acids is 4. The van der Waals surface area contributed by atoms with Gasteiger partial charge in [-0.3, -0.25) is 14.4 Å². The molecule has 3 heterocycles. The molecule has 3 aliphatic heterocycles. The molecule has 2 saturated heterocycles. The highest BCUT2D eigenvalue weighted by molar-refractivity contribution is 6.08. The number of amides is 4. The lowest BCUT2D eigenvalue weighted by atomic mass is 9.86. The van der Waals surface area contributed by atoms with E-state index in [2.05, 4.69) is 5.32 Å². The molecule has 2 fully saturated rings. The summed E-state index contributed by atoms with van der Waals surface area (Å²) < 4.78 is 5.54. The fourth-order valence-electron chi connectivity index (χ4n) is 6.85. The molecule has 0 aromatic heterocycles. The van der Waals surface area contributed by atoms with Crippen LogP contribution in [0.4, 0.5) is 10.5 Å². The van der Waals surface area contributed by atoms with Gasteiger partial charge in [-0.05, 0) is 90.3 Å². The van der Waals surface area contributed by atoms with Crippen molar-refractivity contribution in [3.63, 3.8) is 0 Å². The van der Waals surface area contributed by atoms with Crippen LogP contribution in [-0.4, -0.2) is 77.5 Å². The van der Waals surface area contributed by atoms with Crippen molar-refractivity contribution in [2.45, 2.75) is 96.2 Å². The van der Waals surface area contributed by atoms with Gasteiger partial charge in [0.2, 0.25) is 17.7 Å². The zero-order chi connectivity index (χ0) is 32.4. The van der Waals surface area contributed by atoms with Crippen molar-refractivity contribution < 1.29 is 23.9 Å². The van der Waals surface area contributed by atoms with E-state index in [9.17, 15) is 19.2 Å². The molecule has 5 rings (SSSR count). The van der Waals surface area contributed by atoms with E-state index in [0.717, 1.165) is 16.8 Å². The summed E-state index contributed by atoms with van der Waals surface area (Å²) in [5.74, 6) is -0.597. The Morgan fingerprint density at radius 2 is 1.60 bits per heavy atom. The molecule has 242 valence electrons. The second-order valence-electron chi connectivity index (χ2n) is 14.2. The molecule has 2 atom stereocenters. The van der Waals surface area contributed by atoms with Crippen molar-refractivity contribution in [3.8, 4) is 0 Å². The van der Waals surface area contributed by atoms with Crippen molar-refractivity contribution in [3.05, 3.63) is 65.7 Å². The van der Waals surface area contributed by atoms with E-state index in [1.807, 2.05) is 99.0 Å². The number of aryl methyl sites for hydroxylation is 1. The Labute approximate surface area is 267 Å². The molecule has 3 aliphatic rings. The van der Waals surface area contributed by atoms with Crippen LogP contribution in [0, 0.1) is 5.92 Å². The molecule has 45 heavy (non-hydrogen) atoms. The number of piperidine rings is 2. The third-order valence-corrected chi connectivity index (χ3v) is 9.35. The Hall–Kier alpha value is -3.88. The molecule has 0 saturated carbocycles. The molecule has 0 radical (unpaired) electrons. The van der Waals surface area contributed by atoms with Gasteiger partial charge in [0, 0.05) is 37.9 Å². The monoisotopic (exact) mass is 616 g/mol. The highest BCUT2D eigenvalue weighted by Gasteiger charge is 2.47. The Balaban J connectivity index is 1.25. The van der Waals surface area contributed by atoms with Crippen LogP contribution < -0.4 is 10.2 Å². The van der Waals surface area contributed by atoms with Crippen LogP contribution in [0.5, 0.6) is 0 Å². The zero-order valence-electron chi connectivity index (χ0n) is 27.4. The first kappa shape index (κ1) is 32.5. The van der Waals surface area contributed by atoms with E-state index < -0.39 is 29.1 Å². The largest absolute Gasteiger partial charge is 0.444 e. The molecule has 0 bridgehead atoms. The number of hydrogen-bond donors (Lipinski definition) is 1. The summed E-state index contributed by atoms with van der Waals surface area (Å²) in [4.78, 5) is 59.2. The van der Waals surface area contributed by atoms with Crippen molar-refractivity contribution in [1.29, 1.82) is 0 Å². The number of hydrogen-bond acceptors (Lipinski definition) is 5. The highest BCUT2D eigenvalue weighted by Crippen LogP contribution is 2.43. The second-order valence-corrected chi connectivity index (χ2v) is 14.2. The van der Waals surface area contributed by atoms with Crippen molar-refractivity contribution in [1.82, 2.24) is 15.1 Å². The maximum Gasteiger partial charge on any atom is 0.410 e. The van der Waals surface area contributed by atoms with Crippen LogP contribution in [0.25, 0.3) is 0 Å². The summed E-state index contributed by atoms with van der Waals surface area (Å²) in [6.45, 7) is 11.3. The van der Waals surface area contributed by atoms with Gasteiger partial charge >= 0.3 is 6.09 Å². The molecule has 2 aromatic carbocycles. The molecule has 2 unspecified atom stereocenters. The first-order chi connectivity index (χ1) is 21.3. The van der Waals surface area contributed by atoms with Crippen LogP contribution in [0.3, 0.4) is 0 Å². The molecule has 0 aliphatic carbocycles. The average Bonchev–Trinajstić information content (AvgIpc) is 3.23. The van der Waals surface area contributed by atoms with Gasteiger partial charge in [0.05, 0.1) is 11.3 Å². The number of anilines is 1. The minimum absolute atomic E-state index is 0.0166. The predicted molar refractivity (Wildman–Crippen MR) is 174 cm³/mol. The number of carbonyl (C=O) groups is 4. The van der Waals surface area contributed by atoms with Gasteiger partial charge in [-0.15, -0.1) is 0 Å². The fraction of sp³-hybridized carbons (Fsp3) is 0.556. The first-order valence-electron chi connectivity index (χ1n) is 16.4. The number of nitrogens with zero attached hydrogens (tertiary/aromatic N) is 3. The number of rotatable bonds is 7. The maximum atomic E-state index is 14.0. The molecule has 9 heteroatoms. The van der Waals surface area contributed by atoms with Gasteiger partial charge in [0.1, 0.15) is 11.6 Å². The number of nitrogens with one attached hydrogen (secondary N) is 1. The molecule has 9 nitrogen and oxygen atoms in total. The summed E-state index contributed by atoms with van der Waals surface area (Å²) in [6, 6.07) is 17.3. The normalized spacial score (nSPS) is 20.9. The minimum Gasteiger partial charge on any atom is -0.444 e. The summed E-state index contributed by atoms with van der Waals surface area (Å²) >= 11 is 0. The molecular formula is C36H48N4O5. The number of likely N-dealkylation sites (tertiary alicyclic amines) is 2. The molecule has 1 N–H and O–H groups in total. The van der Waals surface area contributed by atoms with Crippen molar-refractivity contribution >= 4 is 29.5 Å². The van der Waals surface area contributed by atoms with Crippen LogP contribution in [0.15, 0.2) is 54.6 Å². The lowest BCUT2D eigenvalue weighted by molar-refractivity contribution is -0.139. The van der Waals surface area contributed by atoms with E-state index >= 15 is 0 Å². The molecule has 4 amide bonds. The van der Waals surface area contributed by atoms with Crippen molar-refractivity contribution in [2.75, 3.05) is 31.1 Å². The van der Waals surface area contributed by atoms with Gasteiger partial charge in [-0.1, -0.05) is 48.5 Å². The van der Waals surface area contributed by atoms with Gasteiger partial charge in [0.25, 0.3) is 0 Å². The molecule has 2 aromatic rings. The van der Waals surface area contributed by atoms with Gasteiger partial charge in [-0.25, -0.2) is 4.79 Å². The van der Waals surface area contributed by atoms with Gasteiger partial charge < -0.3 is 24.8 Å². The third-order valence-electron chi connectivity index (χ3n) is 9.35. The lowest BCUT2D eigenvalue weighted by Crippen LogP contribution is -2.55. The van der Waals surface area contributed by atoms with Crippen LogP contribution in [0.2, 0.25) is 0 Å². The maximum absolute atomic E-state index is 14.0. The van der Waals surface area contributed by atoms with E-state index in [1.54, 1.807) is 4.90 Å². The Morgan fingerprint density at radius 3 is 2.29 bits per heavy atom. The van der Waals surface area contributed by atoms with E-state index in [4.69, 9.17) is 4.74 Å². The third kappa shape index (κ3) is 7.34. The van der Waals surface area contributed by atoms with Crippen LogP contribution in [-0.2, 0) is 31.0 Å². The summed E-state index contributed by atoms with van der Waals surface area (Å²) in [5, 5.41) is 3.09. The topological polar surface area (TPSA) is 99.3 Å². The van der Waals surface area contributed by atoms with Gasteiger partial charge in [-0.2, -0.15) is 0 Å². The van der Waals surface area contributed by atoms with Crippen LogP contribution >= 0.6 is 0 Å². The fourth-order valence-corrected chi connectivity index (χ4v) is 6.85. The Bertz CT molecular complexity index is 1390. The number of fused-ring (bicyclic) bond motifs is 1. The number of ether oxygens (including phenoxy) is 1. The summed E-state index contributed by atoms with van der Waals surface area (Å²) in [6.07, 6.45) is 3.41. The first-order valence-corrected chi connectivity index (χ1v) is 16.4. The molecular weight excluding hydrogens is 568 g/mol. The minimum atomic E-state index is -0.681. The average molecular weight is 617 g/mol. The SMILES string of the molecule is CC(C)(C)OC(=O)N1CCCC(C(=O)NC(CCc2ccccc2)C(=O)N2CCC(N3C(=O)C(C)(C)c4ccccc43)CC2)C1.